The van der Waals surface area contributed by atoms with E-state index in [9.17, 15) is 9.90 Å². The van der Waals surface area contributed by atoms with Crippen LogP contribution in [0.4, 0.5) is 0 Å². The summed E-state index contributed by atoms with van der Waals surface area (Å²) in [5.74, 6) is -0.180. The van der Waals surface area contributed by atoms with Crippen LogP contribution in [0.1, 0.15) is 24.5 Å². The fraction of sp³-hybridized carbons (Fsp3) is 0.467. The van der Waals surface area contributed by atoms with Gasteiger partial charge in [0.05, 0.1) is 18.1 Å². The highest BCUT2D eigenvalue weighted by atomic mass is 16.5. The number of methoxy groups -OCH3 is 1. The first-order chi connectivity index (χ1) is 9.48. The number of carbonyl (C=O) groups is 1. The third kappa shape index (κ3) is 2.75. The largest absolute Gasteiger partial charge is 0.495 e. The van der Waals surface area contributed by atoms with Crippen LogP contribution in [-0.2, 0) is 11.3 Å². The number of carboxylic acids is 1. The van der Waals surface area contributed by atoms with Crippen LogP contribution in [0.25, 0.3) is 0 Å². The fourth-order valence-corrected chi connectivity index (χ4v) is 2.57. The third-order valence-electron chi connectivity index (χ3n) is 3.86. The average molecular weight is 274 g/mol. The van der Waals surface area contributed by atoms with Gasteiger partial charge >= 0.3 is 5.97 Å². The second kappa shape index (κ2) is 5.51. The molecule has 1 aromatic carbocycles. The molecule has 0 amide bonds. The summed E-state index contributed by atoms with van der Waals surface area (Å²) in [5, 5.41) is 18.3. The van der Waals surface area contributed by atoms with Gasteiger partial charge in [-0.25, -0.2) is 0 Å². The number of carboxylic acid groups (broad SMARTS) is 1. The van der Waals surface area contributed by atoms with Crippen molar-refractivity contribution in [2.75, 3.05) is 20.2 Å². The van der Waals surface area contributed by atoms with E-state index in [1.165, 1.54) is 7.11 Å². The van der Waals surface area contributed by atoms with Crippen LogP contribution in [0.15, 0.2) is 18.2 Å². The molecule has 1 heterocycles. The van der Waals surface area contributed by atoms with Gasteiger partial charge in [0.15, 0.2) is 0 Å². The van der Waals surface area contributed by atoms with Crippen LogP contribution in [-0.4, -0.2) is 36.2 Å². The minimum absolute atomic E-state index is 0.505. The Balaban J connectivity index is 2.09. The standard InChI is InChI=1S/C15H18N2O3/c1-15(14(18)19)5-6-17(10-15)9-11-3-4-13(20-2)12(7-11)8-16/h3-4,7H,5-6,9-10H2,1-2H3,(H,18,19). The molecular formula is C15H18N2O3. The predicted molar refractivity (Wildman–Crippen MR) is 73.3 cm³/mol. The van der Waals surface area contributed by atoms with Crippen molar-refractivity contribution in [1.82, 2.24) is 4.90 Å². The van der Waals surface area contributed by atoms with Crippen molar-refractivity contribution in [1.29, 1.82) is 5.26 Å². The minimum Gasteiger partial charge on any atom is -0.495 e. The van der Waals surface area contributed by atoms with Crippen molar-refractivity contribution in [2.45, 2.75) is 19.9 Å². The van der Waals surface area contributed by atoms with Gasteiger partial charge in [-0.15, -0.1) is 0 Å². The van der Waals surface area contributed by atoms with E-state index < -0.39 is 11.4 Å². The van der Waals surface area contributed by atoms with Gasteiger partial charge in [-0.05, 0) is 37.6 Å². The number of aliphatic carboxylic acids is 1. The van der Waals surface area contributed by atoms with E-state index in [2.05, 4.69) is 11.0 Å². The lowest BCUT2D eigenvalue weighted by Crippen LogP contribution is -2.31. The zero-order chi connectivity index (χ0) is 14.8. The van der Waals surface area contributed by atoms with E-state index in [0.717, 1.165) is 12.1 Å². The van der Waals surface area contributed by atoms with Gasteiger partial charge < -0.3 is 9.84 Å². The Morgan fingerprint density at radius 1 is 1.60 bits per heavy atom. The lowest BCUT2D eigenvalue weighted by atomic mass is 9.90. The van der Waals surface area contributed by atoms with Crippen molar-refractivity contribution >= 4 is 5.97 Å². The summed E-state index contributed by atoms with van der Waals surface area (Å²) in [7, 11) is 1.54. The van der Waals surface area contributed by atoms with Gasteiger partial charge in [-0.1, -0.05) is 6.07 Å². The van der Waals surface area contributed by atoms with Crippen molar-refractivity contribution in [3.05, 3.63) is 29.3 Å². The first-order valence-corrected chi connectivity index (χ1v) is 6.51. The molecule has 1 aromatic rings. The number of likely N-dealkylation sites (tertiary alicyclic amines) is 1. The van der Waals surface area contributed by atoms with Crippen molar-refractivity contribution in [3.63, 3.8) is 0 Å². The van der Waals surface area contributed by atoms with Crippen LogP contribution in [0.5, 0.6) is 5.75 Å². The van der Waals surface area contributed by atoms with E-state index >= 15 is 0 Å². The molecule has 1 atom stereocenters. The highest BCUT2D eigenvalue weighted by molar-refractivity contribution is 5.74. The number of ether oxygens (including phenoxy) is 1. The van der Waals surface area contributed by atoms with Crippen LogP contribution in [0.3, 0.4) is 0 Å². The summed E-state index contributed by atoms with van der Waals surface area (Å²) in [6, 6.07) is 7.60. The number of nitrogens with zero attached hydrogens (tertiary/aromatic N) is 2. The van der Waals surface area contributed by atoms with E-state index in [1.54, 1.807) is 19.1 Å². The van der Waals surface area contributed by atoms with Gasteiger partial charge in [-0.3, -0.25) is 9.69 Å². The molecule has 5 nitrogen and oxygen atoms in total. The van der Waals surface area contributed by atoms with E-state index in [0.29, 0.717) is 30.8 Å². The van der Waals surface area contributed by atoms with Crippen LogP contribution >= 0.6 is 0 Å². The molecule has 0 spiro atoms. The molecule has 0 radical (unpaired) electrons. The van der Waals surface area contributed by atoms with Crippen LogP contribution in [0, 0.1) is 16.7 Å². The predicted octanol–water partition coefficient (Wildman–Crippen LogP) is 1.86. The third-order valence-corrected chi connectivity index (χ3v) is 3.86. The molecule has 1 aliphatic rings. The molecule has 1 aliphatic heterocycles. The highest BCUT2D eigenvalue weighted by Gasteiger charge is 2.40. The Hall–Kier alpha value is -2.06. The smallest absolute Gasteiger partial charge is 0.310 e. The summed E-state index contributed by atoms with van der Waals surface area (Å²) in [5.41, 5.74) is 0.840. The summed E-state index contributed by atoms with van der Waals surface area (Å²) in [6.45, 7) is 3.73. The fourth-order valence-electron chi connectivity index (χ4n) is 2.57. The maximum Gasteiger partial charge on any atom is 0.310 e. The van der Waals surface area contributed by atoms with Crippen molar-refractivity contribution in [3.8, 4) is 11.8 Å². The summed E-state index contributed by atoms with van der Waals surface area (Å²) in [4.78, 5) is 13.3. The topological polar surface area (TPSA) is 73.6 Å². The Labute approximate surface area is 118 Å². The Kier molecular flexibility index (Phi) is 3.96. The molecule has 0 aliphatic carbocycles. The van der Waals surface area contributed by atoms with Gasteiger partial charge in [0, 0.05) is 13.1 Å². The van der Waals surface area contributed by atoms with Crippen LogP contribution in [0.2, 0.25) is 0 Å². The SMILES string of the molecule is COc1ccc(CN2CCC(C)(C(=O)O)C2)cc1C#N. The lowest BCUT2D eigenvalue weighted by Gasteiger charge is -2.20. The van der Waals surface area contributed by atoms with Crippen molar-refractivity contribution in [2.24, 2.45) is 5.41 Å². The van der Waals surface area contributed by atoms with E-state index in [4.69, 9.17) is 10.00 Å². The van der Waals surface area contributed by atoms with Crippen molar-refractivity contribution < 1.29 is 14.6 Å². The van der Waals surface area contributed by atoms with E-state index in [-0.39, 0.29) is 0 Å². The summed E-state index contributed by atoms with van der Waals surface area (Å²) in [6.07, 6.45) is 0.656. The molecule has 0 bridgehead atoms. The normalized spacial score (nSPS) is 22.4. The number of hydrogen-bond acceptors (Lipinski definition) is 4. The molecule has 0 aromatic heterocycles. The number of nitriles is 1. The van der Waals surface area contributed by atoms with Gasteiger partial charge in [0.1, 0.15) is 11.8 Å². The summed E-state index contributed by atoms with van der Waals surface area (Å²) >= 11 is 0. The zero-order valence-corrected chi connectivity index (χ0v) is 11.7. The second-order valence-corrected chi connectivity index (χ2v) is 5.47. The number of benzene rings is 1. The molecule has 1 saturated heterocycles. The molecule has 20 heavy (non-hydrogen) atoms. The lowest BCUT2D eigenvalue weighted by molar-refractivity contribution is -0.147. The van der Waals surface area contributed by atoms with E-state index in [1.807, 2.05) is 6.07 Å². The Morgan fingerprint density at radius 3 is 2.90 bits per heavy atom. The summed E-state index contributed by atoms with van der Waals surface area (Å²) < 4.78 is 5.11. The molecular weight excluding hydrogens is 256 g/mol. The molecule has 1 N–H and O–H groups in total. The molecule has 1 fully saturated rings. The maximum atomic E-state index is 11.2. The highest BCUT2D eigenvalue weighted by Crippen LogP contribution is 2.31. The minimum atomic E-state index is -0.743. The Morgan fingerprint density at radius 2 is 2.35 bits per heavy atom. The maximum absolute atomic E-state index is 11.2. The number of hydrogen-bond donors (Lipinski definition) is 1. The first-order valence-electron chi connectivity index (χ1n) is 6.51. The Bertz CT molecular complexity index is 565. The quantitative estimate of drug-likeness (QED) is 0.907. The molecule has 1 unspecified atom stereocenters. The molecule has 2 rings (SSSR count). The molecule has 106 valence electrons. The molecule has 0 saturated carbocycles. The first kappa shape index (κ1) is 14.4. The van der Waals surface area contributed by atoms with Gasteiger partial charge in [0.25, 0.3) is 0 Å². The monoisotopic (exact) mass is 274 g/mol. The van der Waals surface area contributed by atoms with Gasteiger partial charge in [0.2, 0.25) is 0 Å². The zero-order valence-electron chi connectivity index (χ0n) is 11.7. The number of rotatable bonds is 4. The average Bonchev–Trinajstić information content (AvgIpc) is 2.81. The van der Waals surface area contributed by atoms with Gasteiger partial charge in [-0.2, -0.15) is 5.26 Å². The molecule has 5 heteroatoms. The second-order valence-electron chi connectivity index (χ2n) is 5.47. The van der Waals surface area contributed by atoms with Crippen LogP contribution < -0.4 is 4.74 Å².